The number of nitrogens with zero attached hydrogens (tertiary/aromatic N) is 3. The summed E-state index contributed by atoms with van der Waals surface area (Å²) in [7, 11) is 0. The van der Waals surface area contributed by atoms with Gasteiger partial charge in [0.25, 0.3) is 0 Å². The molecule has 5 heteroatoms. The molecule has 0 radical (unpaired) electrons. The highest BCUT2D eigenvalue weighted by Crippen LogP contribution is 2.46. The monoisotopic (exact) mass is 943 g/mol. The van der Waals surface area contributed by atoms with Gasteiger partial charge in [0, 0.05) is 90.9 Å². The van der Waals surface area contributed by atoms with Crippen LogP contribution in [0.1, 0.15) is 11.1 Å². The first-order chi connectivity index (χ1) is 35.0. The molecule has 0 aliphatic carbocycles. The molecule has 0 N–H and O–H groups in total. The average Bonchev–Trinajstić information content (AvgIpc) is 4.08. The number of hydrogen-bond donors (Lipinski definition) is 0. The summed E-state index contributed by atoms with van der Waals surface area (Å²) < 4.78 is 7.68. The Balaban J connectivity index is 0.989. The standard InChI is InChI=1S/C66H45N3S2/c1-42-15-6-10-23-59(42)67(51-30-33-56-54-21-8-12-25-63(54)70-65(56)40-51)49-28-27-46-37-58-53-32-29-50(39-62(53)69(61(58)38-47(46)36-49)48-20-14-19-45(35-48)44-17-4-3-5-18-44)68(60-24-11-7-16-43(60)2)52-31-34-57-55-22-9-13-26-64(55)71-66(57)41-52/h3-41H,1-2H3. The summed E-state index contributed by atoms with van der Waals surface area (Å²) in [5, 5.41) is 10.0. The van der Waals surface area contributed by atoms with E-state index >= 15 is 0 Å². The van der Waals surface area contributed by atoms with Crippen LogP contribution in [-0.2, 0) is 0 Å². The van der Waals surface area contributed by atoms with Crippen LogP contribution in [0.3, 0.4) is 0 Å². The maximum absolute atomic E-state index is 2.49. The number of hydrogen-bond acceptors (Lipinski definition) is 4. The van der Waals surface area contributed by atoms with Gasteiger partial charge < -0.3 is 14.4 Å². The molecule has 0 aliphatic heterocycles. The molecule has 0 fully saturated rings. The first-order valence-corrected chi connectivity index (χ1v) is 25.9. The summed E-state index contributed by atoms with van der Waals surface area (Å²) in [6, 6.07) is 87.6. The van der Waals surface area contributed by atoms with E-state index in [1.807, 2.05) is 22.7 Å². The Morgan fingerprint density at radius 2 is 0.803 bits per heavy atom. The molecule has 0 spiro atoms. The molecule has 14 rings (SSSR count). The highest BCUT2D eigenvalue weighted by atomic mass is 32.1. The highest BCUT2D eigenvalue weighted by molar-refractivity contribution is 7.26. The molecule has 3 heterocycles. The molecule has 3 aromatic heterocycles. The molecule has 0 bridgehead atoms. The minimum absolute atomic E-state index is 1.10. The first kappa shape index (κ1) is 41.5. The van der Waals surface area contributed by atoms with Crippen LogP contribution in [0, 0.1) is 13.8 Å². The van der Waals surface area contributed by atoms with Gasteiger partial charge in [-0.2, -0.15) is 0 Å². The van der Waals surface area contributed by atoms with Crippen molar-refractivity contribution >= 4 is 130 Å². The van der Waals surface area contributed by atoms with E-state index < -0.39 is 0 Å². The third-order valence-corrected chi connectivity index (χ3v) is 16.6. The summed E-state index contributed by atoms with van der Waals surface area (Å²) in [4.78, 5) is 4.88. The molecular weight excluding hydrogens is 899 g/mol. The number of aryl methyl sites for hydroxylation is 2. The fourth-order valence-corrected chi connectivity index (χ4v) is 13.2. The van der Waals surface area contributed by atoms with Gasteiger partial charge >= 0.3 is 0 Å². The Labute approximate surface area is 419 Å². The Hall–Kier alpha value is -8.48. The third kappa shape index (κ3) is 6.92. The largest absolute Gasteiger partial charge is 0.310 e. The molecule has 0 amide bonds. The van der Waals surface area contributed by atoms with E-state index in [-0.39, 0.29) is 0 Å². The molecule has 14 aromatic rings. The first-order valence-electron chi connectivity index (χ1n) is 24.2. The van der Waals surface area contributed by atoms with Crippen LogP contribution < -0.4 is 9.80 Å². The van der Waals surface area contributed by atoms with Crippen molar-refractivity contribution in [2.24, 2.45) is 0 Å². The average molecular weight is 944 g/mol. The summed E-state index contributed by atoms with van der Waals surface area (Å²) >= 11 is 3.72. The summed E-state index contributed by atoms with van der Waals surface area (Å²) in [5.74, 6) is 0. The van der Waals surface area contributed by atoms with Crippen molar-refractivity contribution in [2.75, 3.05) is 9.80 Å². The third-order valence-electron chi connectivity index (χ3n) is 14.4. The molecule has 0 aliphatic rings. The number of benzene rings is 11. The van der Waals surface area contributed by atoms with Gasteiger partial charge in [-0.3, -0.25) is 0 Å². The van der Waals surface area contributed by atoms with E-state index in [0.717, 1.165) is 50.8 Å². The molecule has 0 unspecified atom stereocenters. The molecule has 0 saturated carbocycles. The van der Waals surface area contributed by atoms with Crippen molar-refractivity contribution in [2.45, 2.75) is 13.8 Å². The lowest BCUT2D eigenvalue weighted by Crippen LogP contribution is -2.11. The Morgan fingerprint density at radius 1 is 0.310 bits per heavy atom. The quantitative estimate of drug-likeness (QED) is 0.150. The summed E-state index contributed by atoms with van der Waals surface area (Å²) in [6.07, 6.45) is 0. The predicted molar refractivity (Wildman–Crippen MR) is 308 cm³/mol. The van der Waals surface area contributed by atoms with Crippen molar-refractivity contribution in [1.29, 1.82) is 0 Å². The second-order valence-corrected chi connectivity index (χ2v) is 20.8. The SMILES string of the molecule is Cc1ccccc1N(c1ccc2cc3c4ccc(N(c5ccc6c(c5)sc5ccccc56)c5ccccc5C)cc4n(-c4cccc(-c5ccccc5)c4)c3cc2c1)c1ccc2c(c1)sc1ccccc12. The number of fused-ring (bicyclic) bond motifs is 10. The van der Waals surface area contributed by atoms with Crippen LogP contribution in [0.25, 0.3) is 89.7 Å². The second-order valence-electron chi connectivity index (χ2n) is 18.7. The predicted octanol–water partition coefficient (Wildman–Crippen LogP) is 19.9. The zero-order valence-electron chi connectivity index (χ0n) is 39.2. The fraction of sp³-hybridized carbons (Fsp3) is 0.0303. The normalized spacial score (nSPS) is 11.8. The van der Waals surface area contributed by atoms with Crippen molar-refractivity contribution < 1.29 is 0 Å². The molecule has 71 heavy (non-hydrogen) atoms. The van der Waals surface area contributed by atoms with Crippen molar-refractivity contribution in [3.8, 4) is 16.8 Å². The Morgan fingerprint density at radius 3 is 1.44 bits per heavy atom. The van der Waals surface area contributed by atoms with Crippen LogP contribution in [0.2, 0.25) is 0 Å². The molecule has 336 valence electrons. The van der Waals surface area contributed by atoms with Crippen molar-refractivity contribution in [3.05, 3.63) is 248 Å². The topological polar surface area (TPSA) is 11.4 Å². The van der Waals surface area contributed by atoms with Gasteiger partial charge in [0.1, 0.15) is 0 Å². The summed E-state index contributed by atoms with van der Waals surface area (Å²) in [5.41, 5.74) is 15.1. The van der Waals surface area contributed by atoms with E-state index in [4.69, 9.17) is 0 Å². The Bertz CT molecular complexity index is 4400. The lowest BCUT2D eigenvalue weighted by Gasteiger charge is -2.27. The van der Waals surface area contributed by atoms with Gasteiger partial charge in [-0.1, -0.05) is 140 Å². The maximum atomic E-state index is 2.49. The van der Waals surface area contributed by atoms with Crippen LogP contribution in [0.4, 0.5) is 34.1 Å². The van der Waals surface area contributed by atoms with Crippen LogP contribution in [0.15, 0.2) is 237 Å². The van der Waals surface area contributed by atoms with Crippen molar-refractivity contribution in [3.63, 3.8) is 0 Å². The number of para-hydroxylation sites is 2. The van der Waals surface area contributed by atoms with Gasteiger partial charge in [-0.05, 0) is 144 Å². The van der Waals surface area contributed by atoms with Crippen molar-refractivity contribution in [1.82, 2.24) is 4.57 Å². The van der Waals surface area contributed by atoms with Gasteiger partial charge in [0.05, 0.1) is 11.0 Å². The zero-order valence-corrected chi connectivity index (χ0v) is 40.8. The fourth-order valence-electron chi connectivity index (χ4n) is 10.9. The number of thiophene rings is 2. The second kappa shape index (κ2) is 16.6. The van der Waals surface area contributed by atoms with Gasteiger partial charge in [0.2, 0.25) is 0 Å². The van der Waals surface area contributed by atoms with E-state index in [0.29, 0.717) is 0 Å². The zero-order chi connectivity index (χ0) is 47.2. The van der Waals surface area contributed by atoms with Gasteiger partial charge in [-0.15, -0.1) is 22.7 Å². The van der Waals surface area contributed by atoms with Crippen LogP contribution in [-0.4, -0.2) is 4.57 Å². The van der Waals surface area contributed by atoms with Crippen LogP contribution >= 0.6 is 22.7 Å². The summed E-state index contributed by atoms with van der Waals surface area (Å²) in [6.45, 7) is 4.43. The molecule has 3 nitrogen and oxygen atoms in total. The maximum Gasteiger partial charge on any atom is 0.0561 e. The number of anilines is 6. The van der Waals surface area contributed by atoms with Crippen LogP contribution in [0.5, 0.6) is 0 Å². The Kier molecular flexibility index (Phi) is 9.70. The molecule has 0 atom stereocenters. The number of rotatable bonds is 8. The van der Waals surface area contributed by atoms with E-state index in [2.05, 4.69) is 265 Å². The lowest BCUT2D eigenvalue weighted by atomic mass is 10.0. The number of aromatic nitrogens is 1. The highest BCUT2D eigenvalue weighted by Gasteiger charge is 2.22. The van der Waals surface area contributed by atoms with Gasteiger partial charge in [-0.25, -0.2) is 0 Å². The minimum atomic E-state index is 1.10. The lowest BCUT2D eigenvalue weighted by molar-refractivity contribution is 1.18. The molecular formula is C66H45N3S2. The minimum Gasteiger partial charge on any atom is -0.310 e. The molecule has 0 saturated heterocycles. The van der Waals surface area contributed by atoms with E-state index in [1.54, 1.807) is 0 Å². The van der Waals surface area contributed by atoms with E-state index in [1.165, 1.54) is 84.1 Å². The molecule has 11 aromatic carbocycles. The van der Waals surface area contributed by atoms with Gasteiger partial charge in [0.15, 0.2) is 0 Å². The smallest absolute Gasteiger partial charge is 0.0561 e. The van der Waals surface area contributed by atoms with E-state index in [9.17, 15) is 0 Å².